The third-order valence-corrected chi connectivity index (χ3v) is 2.34. The lowest BCUT2D eigenvalue weighted by Crippen LogP contribution is -2.30. The maximum absolute atomic E-state index is 11.6. The molecule has 0 bridgehead atoms. The third-order valence-electron chi connectivity index (χ3n) is 2.34. The minimum Gasteiger partial charge on any atom is -0.365 e. The van der Waals surface area contributed by atoms with E-state index in [0.29, 0.717) is 6.61 Å². The summed E-state index contributed by atoms with van der Waals surface area (Å²) < 4.78 is 5.55. The molecule has 90 valence electrons. The van der Waals surface area contributed by atoms with Crippen molar-refractivity contribution in [3.05, 3.63) is 41.4 Å². The Balaban J connectivity index is 2.62. The molecule has 1 aromatic carbocycles. The van der Waals surface area contributed by atoms with Crippen LogP contribution in [-0.2, 0) is 16.1 Å². The summed E-state index contributed by atoms with van der Waals surface area (Å²) in [5.74, 6) is -0.289. The molecule has 0 aromatic heterocycles. The topological polar surface area (TPSA) is 62.7 Å². The molecule has 0 radical (unpaired) electrons. The molecule has 4 heteroatoms. The molecule has 17 heavy (non-hydrogen) atoms. The van der Waals surface area contributed by atoms with Gasteiger partial charge in [-0.2, -0.15) is 4.79 Å². The fraction of sp³-hybridized carbons (Fsp3) is 0.385. The minimum atomic E-state index is -0.578. The van der Waals surface area contributed by atoms with Crippen LogP contribution >= 0.6 is 0 Å². The van der Waals surface area contributed by atoms with E-state index in [9.17, 15) is 4.79 Å². The molecule has 0 saturated heterocycles. The Bertz CT molecular complexity index is 409. The van der Waals surface area contributed by atoms with E-state index < -0.39 is 6.10 Å². The first kappa shape index (κ1) is 13.3. The normalized spacial score (nSPS) is 11.9. The molecule has 0 spiro atoms. The highest BCUT2D eigenvalue weighted by Crippen LogP contribution is 2.10. The number of benzene rings is 1. The van der Waals surface area contributed by atoms with E-state index in [1.165, 1.54) is 0 Å². The van der Waals surface area contributed by atoms with Crippen LogP contribution in [0, 0.1) is 5.92 Å². The van der Waals surface area contributed by atoms with Gasteiger partial charge in [-0.15, -0.1) is 0 Å². The molecule has 0 fully saturated rings. The van der Waals surface area contributed by atoms with Gasteiger partial charge in [-0.25, -0.2) is 0 Å². The fourth-order valence-corrected chi connectivity index (χ4v) is 1.49. The molecular formula is C13H16N2O2. The molecule has 0 heterocycles. The molecule has 0 aliphatic rings. The van der Waals surface area contributed by atoms with Crippen LogP contribution in [0.25, 0.3) is 5.53 Å². The zero-order chi connectivity index (χ0) is 12.7. The lowest BCUT2D eigenvalue weighted by Gasteiger charge is -2.17. The fourth-order valence-electron chi connectivity index (χ4n) is 1.49. The van der Waals surface area contributed by atoms with E-state index in [1.807, 2.05) is 44.2 Å². The van der Waals surface area contributed by atoms with Crippen LogP contribution < -0.4 is 0 Å². The highest BCUT2D eigenvalue weighted by molar-refractivity contribution is 6.27. The molecule has 0 aliphatic heterocycles. The molecule has 1 unspecified atom stereocenters. The predicted octanol–water partition coefficient (Wildman–Crippen LogP) is 2.10. The number of carbonyl (C=O) groups is 1. The van der Waals surface area contributed by atoms with Crippen molar-refractivity contribution in [2.45, 2.75) is 26.6 Å². The number of ketones is 1. The smallest absolute Gasteiger partial charge is 0.325 e. The molecule has 0 N–H and O–H groups in total. The maximum atomic E-state index is 11.6. The van der Waals surface area contributed by atoms with Gasteiger partial charge in [-0.05, 0) is 11.5 Å². The van der Waals surface area contributed by atoms with Crippen molar-refractivity contribution in [1.29, 1.82) is 0 Å². The zero-order valence-corrected chi connectivity index (χ0v) is 10.0. The van der Waals surface area contributed by atoms with Gasteiger partial charge in [0, 0.05) is 0 Å². The first-order chi connectivity index (χ1) is 8.15. The van der Waals surface area contributed by atoms with Gasteiger partial charge in [0.25, 0.3) is 5.78 Å². The number of hydrogen-bond donors (Lipinski definition) is 0. The molecule has 0 amide bonds. The van der Waals surface area contributed by atoms with Crippen LogP contribution in [0.2, 0.25) is 0 Å². The van der Waals surface area contributed by atoms with Gasteiger partial charge in [0.15, 0.2) is 0 Å². The van der Waals surface area contributed by atoms with Gasteiger partial charge in [0.1, 0.15) is 6.10 Å². The van der Waals surface area contributed by atoms with Crippen LogP contribution in [-0.4, -0.2) is 22.9 Å². The van der Waals surface area contributed by atoms with Gasteiger partial charge >= 0.3 is 6.21 Å². The summed E-state index contributed by atoms with van der Waals surface area (Å²) in [6.45, 7) is 4.15. The number of hydrogen-bond acceptors (Lipinski definition) is 2. The summed E-state index contributed by atoms with van der Waals surface area (Å²) in [4.78, 5) is 14.3. The molecule has 1 aromatic rings. The maximum Gasteiger partial charge on any atom is 0.325 e. The second kappa shape index (κ2) is 6.74. The Labute approximate surface area is 101 Å². The second-order valence-corrected chi connectivity index (χ2v) is 4.11. The Morgan fingerprint density at radius 1 is 1.41 bits per heavy atom. The zero-order valence-electron chi connectivity index (χ0n) is 10.0. The highest BCUT2D eigenvalue weighted by Gasteiger charge is 2.24. The van der Waals surface area contributed by atoms with E-state index >= 15 is 0 Å². The molecule has 0 saturated carbocycles. The van der Waals surface area contributed by atoms with Crippen LogP contribution in [0.4, 0.5) is 0 Å². The van der Waals surface area contributed by atoms with Crippen molar-refractivity contribution in [3.8, 4) is 0 Å². The summed E-state index contributed by atoms with van der Waals surface area (Å²) in [5, 5.41) is 0. The third kappa shape index (κ3) is 4.31. The van der Waals surface area contributed by atoms with Crippen LogP contribution in [0.3, 0.4) is 0 Å². The molecule has 0 aliphatic carbocycles. The Kier molecular flexibility index (Phi) is 5.27. The number of rotatable bonds is 6. The number of carbonyl (C=O) groups excluding carboxylic acids is 1. The van der Waals surface area contributed by atoms with Crippen LogP contribution in [0.1, 0.15) is 19.4 Å². The van der Waals surface area contributed by atoms with E-state index in [1.54, 1.807) is 0 Å². The van der Waals surface area contributed by atoms with Crippen molar-refractivity contribution < 1.29 is 14.3 Å². The van der Waals surface area contributed by atoms with E-state index in [2.05, 4.69) is 4.79 Å². The predicted molar refractivity (Wildman–Crippen MR) is 64.5 cm³/mol. The molecule has 1 rings (SSSR count). The Hall–Kier alpha value is -1.77. The summed E-state index contributed by atoms with van der Waals surface area (Å²) in [7, 11) is 0. The van der Waals surface area contributed by atoms with Crippen LogP contribution in [0.5, 0.6) is 0 Å². The van der Waals surface area contributed by atoms with Crippen molar-refractivity contribution in [2.24, 2.45) is 5.92 Å². The minimum absolute atomic E-state index is 0.0317. The van der Waals surface area contributed by atoms with E-state index in [0.717, 1.165) is 11.8 Å². The highest BCUT2D eigenvalue weighted by atomic mass is 16.5. The van der Waals surface area contributed by atoms with Crippen molar-refractivity contribution >= 4 is 12.0 Å². The lowest BCUT2D eigenvalue weighted by molar-refractivity contribution is -0.130. The summed E-state index contributed by atoms with van der Waals surface area (Å²) in [5.41, 5.74) is 9.35. The van der Waals surface area contributed by atoms with Crippen LogP contribution in [0.15, 0.2) is 30.3 Å². The first-order valence-corrected chi connectivity index (χ1v) is 5.52. The molecular weight excluding hydrogens is 216 g/mol. The van der Waals surface area contributed by atoms with Gasteiger partial charge in [-0.3, -0.25) is 4.79 Å². The monoisotopic (exact) mass is 232 g/mol. The summed E-state index contributed by atoms with van der Waals surface area (Å²) in [6.07, 6.45) is 0.307. The van der Waals surface area contributed by atoms with Gasteiger partial charge in [0.2, 0.25) is 0 Å². The number of Topliss-reactive ketones (excluding diaryl/α,β-unsaturated/α-hetero) is 1. The van der Waals surface area contributed by atoms with Crippen molar-refractivity contribution in [2.75, 3.05) is 0 Å². The largest absolute Gasteiger partial charge is 0.365 e. The average Bonchev–Trinajstić information content (AvgIpc) is 2.30. The summed E-state index contributed by atoms with van der Waals surface area (Å²) >= 11 is 0. The molecule has 1 atom stereocenters. The van der Waals surface area contributed by atoms with E-state index in [4.69, 9.17) is 10.3 Å². The standard InChI is InChI=1S/C13H16N2O2/c1-10(2)13(12(16)8-15-14)17-9-11-6-4-3-5-7-11/h3-8,10,13H,9H2,1-2H3. The second-order valence-electron chi connectivity index (χ2n) is 4.11. The summed E-state index contributed by atoms with van der Waals surface area (Å²) in [6, 6.07) is 9.62. The van der Waals surface area contributed by atoms with Gasteiger partial charge < -0.3 is 10.3 Å². The average molecular weight is 232 g/mol. The SMILES string of the molecule is CC(C)C(OCc1ccccc1)C(=O)C=[N+]=[N-]. The van der Waals surface area contributed by atoms with Gasteiger partial charge in [0.05, 0.1) is 6.61 Å². The lowest BCUT2D eigenvalue weighted by atomic mass is 10.0. The van der Waals surface area contributed by atoms with Crippen molar-refractivity contribution in [3.63, 3.8) is 0 Å². The first-order valence-electron chi connectivity index (χ1n) is 5.52. The molecule has 4 nitrogen and oxygen atoms in total. The van der Waals surface area contributed by atoms with Gasteiger partial charge in [-0.1, -0.05) is 44.2 Å². The number of ether oxygens (including phenoxy) is 1. The Morgan fingerprint density at radius 2 is 2.06 bits per heavy atom. The number of nitrogens with zero attached hydrogens (tertiary/aromatic N) is 2. The van der Waals surface area contributed by atoms with Crippen molar-refractivity contribution in [1.82, 2.24) is 0 Å². The van der Waals surface area contributed by atoms with E-state index in [-0.39, 0.29) is 11.7 Å². The Morgan fingerprint density at radius 3 is 2.59 bits per heavy atom. The quantitative estimate of drug-likeness (QED) is 0.428.